The van der Waals surface area contributed by atoms with Crippen LogP contribution in [0.2, 0.25) is 0 Å². The number of pyridine rings is 1. The van der Waals surface area contributed by atoms with E-state index in [0.29, 0.717) is 50.7 Å². The number of nitrogens with zero attached hydrogens (tertiary/aromatic N) is 4. The zero-order valence-corrected chi connectivity index (χ0v) is 19.7. The minimum absolute atomic E-state index is 0.107. The molecule has 1 N–H and O–H groups in total. The highest BCUT2D eigenvalue weighted by atomic mass is 32.2. The molecule has 0 spiro atoms. The smallest absolute Gasteiger partial charge is 0.293 e. The Bertz CT molecular complexity index is 1170. The molecule has 1 aromatic carbocycles. The van der Waals surface area contributed by atoms with Crippen LogP contribution in [0.4, 0.5) is 17.2 Å². The van der Waals surface area contributed by atoms with Gasteiger partial charge in [0.2, 0.25) is 15.9 Å². The highest BCUT2D eigenvalue weighted by Gasteiger charge is 2.32. The molecule has 0 aliphatic carbocycles. The molecular formula is C22H27N5O6S. The van der Waals surface area contributed by atoms with Gasteiger partial charge in [-0.05, 0) is 44.0 Å². The Morgan fingerprint density at radius 3 is 2.50 bits per heavy atom. The predicted octanol–water partition coefficient (Wildman–Crippen LogP) is 2.17. The molecule has 2 fully saturated rings. The number of aromatic nitrogens is 1. The fraction of sp³-hybridized carbons (Fsp3) is 0.455. The molecule has 34 heavy (non-hydrogen) atoms. The number of sulfonamides is 1. The van der Waals surface area contributed by atoms with Gasteiger partial charge in [-0.3, -0.25) is 14.9 Å². The van der Waals surface area contributed by atoms with E-state index in [-0.39, 0.29) is 35.5 Å². The first-order valence-electron chi connectivity index (χ1n) is 11.1. The summed E-state index contributed by atoms with van der Waals surface area (Å²) in [5, 5.41) is 14.6. The number of carbonyl (C=O) groups is 1. The van der Waals surface area contributed by atoms with Gasteiger partial charge < -0.3 is 15.0 Å². The van der Waals surface area contributed by atoms with Crippen molar-refractivity contribution >= 4 is 33.1 Å². The second kappa shape index (κ2) is 10.0. The van der Waals surface area contributed by atoms with Crippen molar-refractivity contribution in [1.29, 1.82) is 0 Å². The molecule has 1 amide bonds. The summed E-state index contributed by atoms with van der Waals surface area (Å²) in [5.41, 5.74) is 0.894. The van der Waals surface area contributed by atoms with Gasteiger partial charge in [-0.15, -0.1) is 0 Å². The molecule has 2 aliphatic heterocycles. The van der Waals surface area contributed by atoms with Crippen molar-refractivity contribution in [2.45, 2.75) is 24.7 Å². The Kier molecular flexibility index (Phi) is 7.10. The normalized spacial score (nSPS) is 18.0. The van der Waals surface area contributed by atoms with E-state index in [2.05, 4.69) is 10.3 Å². The van der Waals surface area contributed by atoms with Gasteiger partial charge >= 0.3 is 0 Å². The summed E-state index contributed by atoms with van der Waals surface area (Å²) < 4.78 is 32.3. The lowest BCUT2D eigenvalue weighted by Gasteiger charge is -2.32. The van der Waals surface area contributed by atoms with Crippen LogP contribution >= 0.6 is 0 Å². The number of hydrogen-bond donors (Lipinski definition) is 1. The minimum Gasteiger partial charge on any atom is -0.379 e. The van der Waals surface area contributed by atoms with Crippen LogP contribution in [0.5, 0.6) is 0 Å². The Morgan fingerprint density at radius 1 is 1.15 bits per heavy atom. The highest BCUT2D eigenvalue weighted by Crippen LogP contribution is 2.34. The molecule has 0 radical (unpaired) electrons. The molecule has 0 bridgehead atoms. The fourth-order valence-electron chi connectivity index (χ4n) is 4.24. The maximum Gasteiger partial charge on any atom is 0.293 e. The largest absolute Gasteiger partial charge is 0.379 e. The van der Waals surface area contributed by atoms with Crippen LogP contribution in [0, 0.1) is 23.0 Å². The summed E-state index contributed by atoms with van der Waals surface area (Å²) in [6.07, 6.45) is 1.03. The third kappa shape index (κ3) is 5.18. The Morgan fingerprint density at radius 2 is 1.85 bits per heavy atom. The Hall–Kier alpha value is -3.09. The van der Waals surface area contributed by atoms with E-state index < -0.39 is 14.9 Å². The van der Waals surface area contributed by atoms with Crippen LogP contribution in [0.15, 0.2) is 41.3 Å². The van der Waals surface area contributed by atoms with Crippen molar-refractivity contribution in [2.24, 2.45) is 5.92 Å². The summed E-state index contributed by atoms with van der Waals surface area (Å²) >= 11 is 0. The molecule has 0 saturated carbocycles. The van der Waals surface area contributed by atoms with Crippen LogP contribution < -0.4 is 10.2 Å². The van der Waals surface area contributed by atoms with E-state index in [1.165, 1.54) is 16.4 Å². The molecule has 3 heterocycles. The minimum atomic E-state index is -3.85. The molecule has 12 heteroatoms. The summed E-state index contributed by atoms with van der Waals surface area (Å²) in [6.45, 7) is 3.74. The number of nitro groups is 1. The number of morpholine rings is 1. The second-order valence-electron chi connectivity index (χ2n) is 8.34. The number of ether oxygens (including phenoxy) is 1. The van der Waals surface area contributed by atoms with E-state index in [1.54, 1.807) is 6.07 Å². The quantitative estimate of drug-likeness (QED) is 0.482. The first-order chi connectivity index (χ1) is 16.3. The zero-order valence-electron chi connectivity index (χ0n) is 18.8. The number of benzene rings is 1. The van der Waals surface area contributed by atoms with E-state index in [1.807, 2.05) is 24.0 Å². The second-order valence-corrected chi connectivity index (χ2v) is 10.3. The van der Waals surface area contributed by atoms with Crippen molar-refractivity contribution < 1.29 is 22.9 Å². The number of rotatable bonds is 6. The van der Waals surface area contributed by atoms with Gasteiger partial charge in [0.1, 0.15) is 11.5 Å². The first-order valence-corrected chi connectivity index (χ1v) is 12.6. The van der Waals surface area contributed by atoms with E-state index in [9.17, 15) is 23.3 Å². The lowest BCUT2D eigenvalue weighted by atomic mass is 9.95. The van der Waals surface area contributed by atoms with Gasteiger partial charge in [-0.1, -0.05) is 6.07 Å². The summed E-state index contributed by atoms with van der Waals surface area (Å²) in [6, 6.07) is 9.43. The van der Waals surface area contributed by atoms with Gasteiger partial charge in [0.15, 0.2) is 0 Å². The summed E-state index contributed by atoms with van der Waals surface area (Å²) in [4.78, 5) is 29.9. The van der Waals surface area contributed by atoms with Crippen LogP contribution in [0.3, 0.4) is 0 Å². The van der Waals surface area contributed by atoms with Gasteiger partial charge in [0.05, 0.1) is 23.0 Å². The lowest BCUT2D eigenvalue weighted by molar-refractivity contribution is -0.384. The molecule has 2 aromatic rings. The first kappa shape index (κ1) is 24.0. The lowest BCUT2D eigenvalue weighted by Crippen LogP contribution is -2.40. The molecule has 11 nitrogen and oxygen atoms in total. The van der Waals surface area contributed by atoms with Crippen molar-refractivity contribution in [2.75, 3.05) is 49.6 Å². The molecular weight excluding hydrogens is 462 g/mol. The summed E-state index contributed by atoms with van der Waals surface area (Å²) in [5.74, 6) is 0.137. The van der Waals surface area contributed by atoms with Gasteiger partial charge in [-0.25, -0.2) is 13.4 Å². The average molecular weight is 490 g/mol. The van der Waals surface area contributed by atoms with Crippen LogP contribution in [-0.2, 0) is 19.6 Å². The third-order valence-electron chi connectivity index (χ3n) is 6.10. The third-order valence-corrected chi connectivity index (χ3v) is 7.99. The van der Waals surface area contributed by atoms with Crippen LogP contribution in [-0.4, -0.2) is 67.9 Å². The molecule has 182 valence electrons. The predicted molar refractivity (Wildman–Crippen MR) is 125 cm³/mol. The molecule has 0 unspecified atom stereocenters. The number of nitrogens with one attached hydrogen (secondary N) is 1. The summed E-state index contributed by atoms with van der Waals surface area (Å²) in [7, 11) is -3.85. The van der Waals surface area contributed by atoms with E-state index >= 15 is 0 Å². The van der Waals surface area contributed by atoms with Gasteiger partial charge in [-0.2, -0.15) is 4.31 Å². The van der Waals surface area contributed by atoms with Crippen molar-refractivity contribution in [3.63, 3.8) is 0 Å². The molecule has 1 aromatic heterocycles. The number of carbonyl (C=O) groups excluding carboxylic acids is 1. The monoisotopic (exact) mass is 489 g/mol. The SMILES string of the molecule is Cc1cccc(NC(=O)C2CCN(c3ccc(S(=O)(=O)N4CCOCC4)cc3[N+](=O)[O-])CC2)n1. The number of amides is 1. The number of piperidine rings is 1. The van der Waals surface area contributed by atoms with Gasteiger partial charge in [0, 0.05) is 43.9 Å². The van der Waals surface area contributed by atoms with Crippen molar-refractivity contribution in [3.05, 3.63) is 52.2 Å². The molecule has 2 saturated heterocycles. The van der Waals surface area contributed by atoms with Crippen molar-refractivity contribution in [1.82, 2.24) is 9.29 Å². The average Bonchev–Trinajstić information content (AvgIpc) is 2.84. The number of aryl methyl sites for hydroxylation is 1. The Labute approximate surface area is 197 Å². The van der Waals surface area contributed by atoms with Crippen LogP contribution in [0.25, 0.3) is 0 Å². The topological polar surface area (TPSA) is 135 Å². The number of nitro benzene ring substituents is 1. The molecule has 0 atom stereocenters. The van der Waals surface area contributed by atoms with Crippen LogP contribution in [0.1, 0.15) is 18.5 Å². The number of anilines is 2. The standard InChI is InChI=1S/C22H27N5O6S/c1-16-3-2-4-21(23-16)24-22(28)17-7-9-25(10-8-17)19-6-5-18(15-20(19)27(29)30)34(31,32)26-11-13-33-14-12-26/h2-6,15,17H,7-14H2,1H3,(H,23,24,28). The maximum absolute atomic E-state index is 12.9. The van der Waals surface area contributed by atoms with Crippen molar-refractivity contribution in [3.8, 4) is 0 Å². The zero-order chi connectivity index (χ0) is 24.3. The Balaban J connectivity index is 1.46. The van der Waals surface area contributed by atoms with E-state index in [0.717, 1.165) is 11.8 Å². The number of hydrogen-bond acceptors (Lipinski definition) is 8. The molecule has 2 aliphatic rings. The maximum atomic E-state index is 12.9. The highest BCUT2D eigenvalue weighted by molar-refractivity contribution is 7.89. The van der Waals surface area contributed by atoms with E-state index in [4.69, 9.17) is 4.74 Å². The molecule has 4 rings (SSSR count). The van der Waals surface area contributed by atoms with Gasteiger partial charge in [0.25, 0.3) is 5.69 Å². The fourth-order valence-corrected chi connectivity index (χ4v) is 5.67.